The molecule has 15 heavy (non-hydrogen) atoms. The molecule has 1 rings (SSSR count). The minimum atomic E-state index is -4.96. The molecule has 0 bridgehead atoms. The van der Waals surface area contributed by atoms with Crippen LogP contribution in [0.3, 0.4) is 0 Å². The average molecular weight is 248 g/mol. The van der Waals surface area contributed by atoms with Crippen molar-refractivity contribution in [1.29, 1.82) is 0 Å². The molecular formula is C7H3ClF5NO. The molecule has 1 aromatic rings. The van der Waals surface area contributed by atoms with Crippen molar-refractivity contribution in [3.63, 3.8) is 0 Å². The first kappa shape index (κ1) is 12.0. The number of hydrogen-bond donors (Lipinski definition) is 1. The van der Waals surface area contributed by atoms with Gasteiger partial charge in [-0.05, 0) is 6.07 Å². The second-order valence-electron chi connectivity index (χ2n) is 2.52. The van der Waals surface area contributed by atoms with Gasteiger partial charge >= 0.3 is 6.18 Å². The molecule has 0 radical (unpaired) electrons. The van der Waals surface area contributed by atoms with E-state index in [-0.39, 0.29) is 6.07 Å². The molecule has 0 fully saturated rings. The average Bonchev–Trinajstić information content (AvgIpc) is 2.06. The first-order valence-electron chi connectivity index (χ1n) is 3.48. The lowest BCUT2D eigenvalue weighted by atomic mass is 10.2. The second-order valence-corrected chi connectivity index (χ2v) is 2.91. The summed E-state index contributed by atoms with van der Waals surface area (Å²) in [5, 5.41) is 8.14. The van der Waals surface area contributed by atoms with Gasteiger partial charge in [-0.1, -0.05) is 11.6 Å². The fourth-order valence-corrected chi connectivity index (χ4v) is 1.09. The number of nitrogens with zero attached hydrogens (tertiary/aromatic N) is 1. The highest BCUT2D eigenvalue weighted by atomic mass is 35.5. The monoisotopic (exact) mass is 247 g/mol. The van der Waals surface area contributed by atoms with Gasteiger partial charge in [-0.3, -0.25) is 0 Å². The molecule has 0 aromatic carbocycles. The summed E-state index contributed by atoms with van der Waals surface area (Å²) in [4.78, 5) is 2.91. The fraction of sp³-hybridized carbons (Fsp3) is 0.286. The van der Waals surface area contributed by atoms with Crippen LogP contribution in [0.1, 0.15) is 17.7 Å². The van der Waals surface area contributed by atoms with E-state index < -0.39 is 34.8 Å². The van der Waals surface area contributed by atoms with E-state index in [0.717, 1.165) is 0 Å². The van der Waals surface area contributed by atoms with Crippen molar-refractivity contribution in [1.82, 2.24) is 4.98 Å². The predicted molar refractivity (Wildman–Crippen MR) is 40.9 cm³/mol. The zero-order valence-electron chi connectivity index (χ0n) is 6.82. The quantitative estimate of drug-likeness (QED) is 0.609. The number of alkyl halides is 5. The highest BCUT2D eigenvalue weighted by molar-refractivity contribution is 6.29. The summed E-state index contributed by atoms with van der Waals surface area (Å²) in [5.41, 5.74) is -3.01. The molecule has 0 aliphatic carbocycles. The molecule has 0 aliphatic rings. The second kappa shape index (κ2) is 3.80. The molecule has 1 aromatic heterocycles. The van der Waals surface area contributed by atoms with E-state index in [1.807, 2.05) is 0 Å². The van der Waals surface area contributed by atoms with E-state index >= 15 is 0 Å². The third kappa shape index (κ3) is 2.47. The zero-order valence-corrected chi connectivity index (χ0v) is 7.57. The summed E-state index contributed by atoms with van der Waals surface area (Å²) in [6, 6.07) is 0.281. The Kier molecular flexibility index (Phi) is 3.03. The lowest BCUT2D eigenvalue weighted by Gasteiger charge is -2.11. The van der Waals surface area contributed by atoms with Gasteiger partial charge in [0.15, 0.2) is 11.4 Å². The fourth-order valence-electron chi connectivity index (χ4n) is 0.894. The van der Waals surface area contributed by atoms with Crippen LogP contribution in [0, 0.1) is 0 Å². The van der Waals surface area contributed by atoms with E-state index in [0.29, 0.717) is 0 Å². The highest BCUT2D eigenvalue weighted by Gasteiger charge is 2.37. The van der Waals surface area contributed by atoms with Crippen molar-refractivity contribution in [2.45, 2.75) is 12.6 Å². The van der Waals surface area contributed by atoms with Gasteiger partial charge in [0.25, 0.3) is 6.43 Å². The van der Waals surface area contributed by atoms with Crippen LogP contribution in [0.2, 0.25) is 5.15 Å². The van der Waals surface area contributed by atoms with Gasteiger partial charge in [-0.15, -0.1) is 0 Å². The standard InChI is InChI=1S/C7H3ClF5NO/c8-3-1-2(7(11,12)13)5(15)4(14-3)6(9)10/h1,6,15H. The predicted octanol–water partition coefficient (Wildman–Crippen LogP) is 3.40. The van der Waals surface area contributed by atoms with Crippen LogP contribution in [0.25, 0.3) is 0 Å². The van der Waals surface area contributed by atoms with Crippen LogP contribution in [0.15, 0.2) is 6.07 Å². The molecule has 0 atom stereocenters. The van der Waals surface area contributed by atoms with E-state index in [1.54, 1.807) is 0 Å². The van der Waals surface area contributed by atoms with E-state index in [9.17, 15) is 22.0 Å². The summed E-state index contributed by atoms with van der Waals surface area (Å²) < 4.78 is 60.8. The van der Waals surface area contributed by atoms with Crippen LogP contribution >= 0.6 is 11.6 Å². The Hall–Kier alpha value is -1.11. The third-order valence-electron chi connectivity index (χ3n) is 1.50. The molecule has 8 heteroatoms. The van der Waals surface area contributed by atoms with Crippen molar-refractivity contribution < 1.29 is 27.1 Å². The van der Waals surface area contributed by atoms with Gasteiger partial charge in [0, 0.05) is 0 Å². The van der Waals surface area contributed by atoms with Crippen LogP contribution in [-0.2, 0) is 6.18 Å². The number of aromatic hydroxyl groups is 1. The minimum Gasteiger partial charge on any atom is -0.505 e. The van der Waals surface area contributed by atoms with Gasteiger partial charge in [-0.25, -0.2) is 13.8 Å². The summed E-state index contributed by atoms with van der Waals surface area (Å²) in [7, 11) is 0. The third-order valence-corrected chi connectivity index (χ3v) is 1.69. The zero-order chi connectivity index (χ0) is 11.8. The van der Waals surface area contributed by atoms with E-state index in [4.69, 9.17) is 16.7 Å². The molecule has 0 amide bonds. The summed E-state index contributed by atoms with van der Waals surface area (Å²) in [5.74, 6) is -1.60. The Morgan fingerprint density at radius 3 is 2.27 bits per heavy atom. The van der Waals surface area contributed by atoms with Crippen molar-refractivity contribution in [3.8, 4) is 5.75 Å². The molecule has 1 heterocycles. The van der Waals surface area contributed by atoms with Gasteiger partial charge in [0.1, 0.15) is 10.7 Å². The number of pyridine rings is 1. The van der Waals surface area contributed by atoms with Crippen LogP contribution in [0.5, 0.6) is 5.75 Å². The SMILES string of the molecule is Oc1c(C(F)(F)F)cc(Cl)nc1C(F)F. The maximum absolute atomic E-state index is 12.2. The number of hydrogen-bond acceptors (Lipinski definition) is 2. The van der Waals surface area contributed by atoms with Gasteiger partial charge in [0.05, 0.1) is 0 Å². The molecule has 84 valence electrons. The van der Waals surface area contributed by atoms with Crippen molar-refractivity contribution >= 4 is 11.6 Å². The topological polar surface area (TPSA) is 33.1 Å². The molecule has 0 spiro atoms. The first-order chi connectivity index (χ1) is 6.73. The molecular weight excluding hydrogens is 245 g/mol. The van der Waals surface area contributed by atoms with Crippen molar-refractivity contribution in [2.24, 2.45) is 0 Å². The van der Waals surface area contributed by atoms with Gasteiger partial charge < -0.3 is 5.11 Å². The first-order valence-corrected chi connectivity index (χ1v) is 3.86. The Labute approximate surface area is 85.3 Å². The van der Waals surface area contributed by atoms with Crippen LogP contribution in [-0.4, -0.2) is 10.1 Å². The summed E-state index contributed by atoms with van der Waals surface area (Å²) >= 11 is 5.12. The maximum atomic E-state index is 12.2. The normalized spacial score (nSPS) is 12.2. The summed E-state index contributed by atoms with van der Waals surface area (Å²) in [6.07, 6.45) is -8.29. The van der Waals surface area contributed by atoms with Crippen LogP contribution < -0.4 is 0 Å². The Morgan fingerprint density at radius 2 is 1.87 bits per heavy atom. The molecule has 0 saturated carbocycles. The minimum absolute atomic E-state index is 0.281. The number of aromatic nitrogens is 1. The van der Waals surface area contributed by atoms with Crippen molar-refractivity contribution in [2.75, 3.05) is 0 Å². The van der Waals surface area contributed by atoms with Crippen LogP contribution in [0.4, 0.5) is 22.0 Å². The smallest absolute Gasteiger partial charge is 0.420 e. The van der Waals surface area contributed by atoms with E-state index in [2.05, 4.69) is 4.98 Å². The Balaban J connectivity index is 3.42. The van der Waals surface area contributed by atoms with Gasteiger partial charge in [-0.2, -0.15) is 13.2 Å². The molecule has 2 nitrogen and oxygen atoms in total. The lowest BCUT2D eigenvalue weighted by Crippen LogP contribution is -2.08. The largest absolute Gasteiger partial charge is 0.505 e. The Morgan fingerprint density at radius 1 is 1.33 bits per heavy atom. The highest BCUT2D eigenvalue weighted by Crippen LogP contribution is 2.40. The lowest BCUT2D eigenvalue weighted by molar-refractivity contribution is -0.139. The molecule has 0 unspecified atom stereocenters. The van der Waals surface area contributed by atoms with Gasteiger partial charge in [0.2, 0.25) is 0 Å². The van der Waals surface area contributed by atoms with E-state index in [1.165, 1.54) is 0 Å². The maximum Gasteiger partial charge on any atom is 0.420 e. The summed E-state index contributed by atoms with van der Waals surface area (Å²) in [6.45, 7) is 0. The number of halogens is 6. The molecule has 1 N–H and O–H groups in total. The molecule has 0 aliphatic heterocycles. The Bertz CT molecular complexity index is 378. The molecule has 0 saturated heterocycles. The van der Waals surface area contributed by atoms with Crippen molar-refractivity contribution in [3.05, 3.63) is 22.5 Å². The number of rotatable bonds is 1.